The van der Waals surface area contributed by atoms with E-state index in [0.29, 0.717) is 28.4 Å². The first kappa shape index (κ1) is 20.2. The first-order chi connectivity index (χ1) is 14.2. The van der Waals surface area contributed by atoms with E-state index in [1.165, 1.54) is 18.2 Å². The van der Waals surface area contributed by atoms with Crippen molar-refractivity contribution in [1.82, 2.24) is 14.5 Å². The minimum Gasteiger partial charge on any atom is -0.316 e. The average Bonchev–Trinajstić information content (AvgIpc) is 3.28. The van der Waals surface area contributed by atoms with Crippen LogP contribution in [0.1, 0.15) is 64.3 Å². The molecule has 0 unspecified atom stereocenters. The Morgan fingerprint density at radius 1 is 1.21 bits per heavy atom. The Morgan fingerprint density at radius 3 is 2.72 bits per heavy atom. The molecule has 154 valence electrons. The maximum Gasteiger partial charge on any atom is 0.262 e. The number of rotatable bonds is 6. The lowest BCUT2D eigenvalue weighted by atomic mass is 9.95. The van der Waals surface area contributed by atoms with Gasteiger partial charge in [0.1, 0.15) is 0 Å². The van der Waals surface area contributed by atoms with Crippen molar-refractivity contribution in [3.05, 3.63) is 46.4 Å². The second-order valence-electron chi connectivity index (χ2n) is 7.89. The van der Waals surface area contributed by atoms with E-state index in [1.807, 2.05) is 40.7 Å². The van der Waals surface area contributed by atoms with Gasteiger partial charge in [0.2, 0.25) is 5.91 Å². The highest BCUT2D eigenvalue weighted by Gasteiger charge is 2.24. The minimum atomic E-state index is 0.0308. The molecule has 2 aromatic rings. The molecule has 0 N–H and O–H groups in total. The Hall–Kier alpha value is -2.08. The molecular formula is C23H29N3O2S. The summed E-state index contributed by atoms with van der Waals surface area (Å²) in [5.74, 6) is 0.408. The Bertz CT molecular complexity index is 976. The van der Waals surface area contributed by atoms with Crippen molar-refractivity contribution < 1.29 is 4.79 Å². The van der Waals surface area contributed by atoms with Crippen LogP contribution in [0.2, 0.25) is 0 Å². The van der Waals surface area contributed by atoms with Gasteiger partial charge in [-0.05, 0) is 51.2 Å². The van der Waals surface area contributed by atoms with Crippen LogP contribution in [0.5, 0.6) is 0 Å². The number of thioether (sulfide) groups is 1. The number of carbonyl (C=O) groups is 1. The summed E-state index contributed by atoms with van der Waals surface area (Å²) >= 11 is 1.41. The first-order valence-corrected chi connectivity index (χ1v) is 11.8. The summed E-state index contributed by atoms with van der Waals surface area (Å²) < 4.78 is 1.88. The van der Waals surface area contributed by atoms with E-state index in [9.17, 15) is 9.59 Å². The smallest absolute Gasteiger partial charge is 0.262 e. The molecule has 6 heteroatoms. The van der Waals surface area contributed by atoms with Gasteiger partial charge in [-0.2, -0.15) is 0 Å². The van der Waals surface area contributed by atoms with Crippen molar-refractivity contribution in [1.29, 1.82) is 0 Å². The third-order valence-corrected chi connectivity index (χ3v) is 6.96. The van der Waals surface area contributed by atoms with E-state index >= 15 is 0 Å². The molecule has 0 atom stereocenters. The Labute approximate surface area is 176 Å². The number of nitrogens with zero attached hydrogens (tertiary/aromatic N) is 3. The summed E-state index contributed by atoms with van der Waals surface area (Å²) in [5.41, 5.74) is 1.89. The highest BCUT2D eigenvalue weighted by molar-refractivity contribution is 7.99. The van der Waals surface area contributed by atoms with Crippen LogP contribution >= 0.6 is 11.8 Å². The predicted molar refractivity (Wildman–Crippen MR) is 118 cm³/mol. The molecule has 29 heavy (non-hydrogen) atoms. The standard InChI is InChI=1S/C23H29N3O2S/c1-2-25(17-10-6-7-11-17)21(27)16-29-23-24-20-15-9-8-14-19(20)22(28)26(23)18-12-4-3-5-13-18/h8-10,14-15,18H,2-7,11-13,16H2,1H3. The fourth-order valence-electron chi connectivity index (χ4n) is 4.53. The van der Waals surface area contributed by atoms with E-state index in [1.54, 1.807) is 0 Å². The lowest BCUT2D eigenvalue weighted by Crippen LogP contribution is -2.32. The summed E-state index contributed by atoms with van der Waals surface area (Å²) in [5, 5.41) is 1.35. The molecule has 4 rings (SSSR count). The quantitative estimate of drug-likeness (QED) is 0.501. The van der Waals surface area contributed by atoms with Gasteiger partial charge < -0.3 is 4.90 Å². The van der Waals surface area contributed by atoms with Gasteiger partial charge in [0.05, 0.1) is 16.7 Å². The molecule has 5 nitrogen and oxygen atoms in total. The van der Waals surface area contributed by atoms with Crippen LogP contribution < -0.4 is 5.56 Å². The molecule has 0 spiro atoms. The fraction of sp³-hybridized carbons (Fsp3) is 0.522. The number of fused-ring (bicyclic) bond motifs is 1. The molecule has 1 saturated carbocycles. The van der Waals surface area contributed by atoms with Crippen molar-refractivity contribution in [2.45, 2.75) is 69.5 Å². The van der Waals surface area contributed by atoms with Crippen molar-refractivity contribution >= 4 is 28.6 Å². The van der Waals surface area contributed by atoms with Crippen molar-refractivity contribution in [2.75, 3.05) is 12.3 Å². The van der Waals surface area contributed by atoms with Gasteiger partial charge in [0.25, 0.3) is 5.56 Å². The molecule has 0 saturated heterocycles. The number of allylic oxidation sites excluding steroid dienone is 2. The van der Waals surface area contributed by atoms with Crippen molar-refractivity contribution in [3.8, 4) is 0 Å². The van der Waals surface area contributed by atoms with Crippen LogP contribution in [-0.2, 0) is 4.79 Å². The third kappa shape index (κ3) is 4.27. The molecule has 1 heterocycles. The van der Waals surface area contributed by atoms with Gasteiger partial charge in [-0.3, -0.25) is 14.2 Å². The van der Waals surface area contributed by atoms with Gasteiger partial charge in [-0.25, -0.2) is 4.98 Å². The third-order valence-electron chi connectivity index (χ3n) is 6.02. The lowest BCUT2D eigenvalue weighted by molar-refractivity contribution is -0.126. The largest absolute Gasteiger partial charge is 0.316 e. The zero-order chi connectivity index (χ0) is 20.2. The SMILES string of the molecule is CCN(C(=O)CSc1nc2ccccc2c(=O)n1C1CCCCC1)C1=CCCC1. The summed E-state index contributed by atoms with van der Waals surface area (Å²) in [7, 11) is 0. The minimum absolute atomic E-state index is 0.0308. The zero-order valence-corrected chi connectivity index (χ0v) is 17.9. The van der Waals surface area contributed by atoms with E-state index in [0.717, 1.165) is 50.6 Å². The van der Waals surface area contributed by atoms with Crippen molar-refractivity contribution in [3.63, 3.8) is 0 Å². The summed E-state index contributed by atoms with van der Waals surface area (Å²) in [6.45, 7) is 2.71. The predicted octanol–water partition coefficient (Wildman–Crippen LogP) is 4.91. The number of hydrogen-bond donors (Lipinski definition) is 0. The van der Waals surface area contributed by atoms with E-state index < -0.39 is 0 Å². The van der Waals surface area contributed by atoms with Gasteiger partial charge in [0, 0.05) is 18.3 Å². The summed E-state index contributed by atoms with van der Waals surface area (Å²) in [4.78, 5) is 32.9. The molecular weight excluding hydrogens is 382 g/mol. The number of amides is 1. The van der Waals surface area contributed by atoms with Crippen LogP contribution in [0.4, 0.5) is 0 Å². The zero-order valence-electron chi connectivity index (χ0n) is 17.1. The molecule has 1 amide bonds. The Kier molecular flexibility index (Phi) is 6.38. The molecule has 1 aromatic carbocycles. The molecule has 0 bridgehead atoms. The fourth-order valence-corrected chi connectivity index (χ4v) is 5.47. The first-order valence-electron chi connectivity index (χ1n) is 10.8. The molecule has 2 aliphatic rings. The van der Waals surface area contributed by atoms with Gasteiger partial charge >= 0.3 is 0 Å². The van der Waals surface area contributed by atoms with Crippen LogP contribution in [-0.4, -0.2) is 32.7 Å². The maximum absolute atomic E-state index is 13.3. The van der Waals surface area contributed by atoms with Crippen LogP contribution in [0, 0.1) is 0 Å². The van der Waals surface area contributed by atoms with E-state index in [4.69, 9.17) is 4.98 Å². The number of hydrogen-bond acceptors (Lipinski definition) is 4. The van der Waals surface area contributed by atoms with Crippen LogP contribution in [0.3, 0.4) is 0 Å². The van der Waals surface area contributed by atoms with E-state index in [2.05, 4.69) is 6.08 Å². The summed E-state index contributed by atoms with van der Waals surface area (Å²) in [6, 6.07) is 7.72. The molecule has 0 aliphatic heterocycles. The van der Waals surface area contributed by atoms with Crippen LogP contribution in [0.15, 0.2) is 46.0 Å². The Morgan fingerprint density at radius 2 is 2.00 bits per heavy atom. The molecule has 1 fully saturated rings. The van der Waals surface area contributed by atoms with E-state index in [-0.39, 0.29) is 17.5 Å². The lowest BCUT2D eigenvalue weighted by Gasteiger charge is -2.26. The highest BCUT2D eigenvalue weighted by Crippen LogP contribution is 2.31. The second-order valence-corrected chi connectivity index (χ2v) is 8.84. The Balaban J connectivity index is 1.63. The number of benzene rings is 1. The van der Waals surface area contributed by atoms with Crippen molar-refractivity contribution in [2.24, 2.45) is 0 Å². The highest BCUT2D eigenvalue weighted by atomic mass is 32.2. The van der Waals surface area contributed by atoms with Gasteiger partial charge in [-0.15, -0.1) is 0 Å². The van der Waals surface area contributed by atoms with Gasteiger partial charge in [0.15, 0.2) is 5.16 Å². The second kappa shape index (κ2) is 9.16. The molecule has 1 aromatic heterocycles. The molecule has 2 aliphatic carbocycles. The normalized spacial score (nSPS) is 17.5. The summed E-state index contributed by atoms with van der Waals surface area (Å²) in [6.07, 6.45) is 10.9. The van der Waals surface area contributed by atoms with Gasteiger partial charge in [-0.1, -0.05) is 49.2 Å². The average molecular weight is 412 g/mol. The number of carbonyl (C=O) groups excluding carboxylic acids is 1. The molecule has 0 radical (unpaired) electrons. The monoisotopic (exact) mass is 411 g/mol. The topological polar surface area (TPSA) is 55.2 Å². The van der Waals surface area contributed by atoms with Crippen LogP contribution in [0.25, 0.3) is 10.9 Å². The number of aromatic nitrogens is 2. The maximum atomic E-state index is 13.3. The number of para-hydroxylation sites is 1.